The van der Waals surface area contributed by atoms with Gasteiger partial charge in [-0.3, -0.25) is 5.32 Å². The first kappa shape index (κ1) is 10.4. The van der Waals surface area contributed by atoms with Crippen LogP contribution in [0.25, 0.3) is 0 Å². The molecule has 2 N–H and O–H groups in total. The molecule has 0 spiro atoms. The zero-order valence-electron chi connectivity index (χ0n) is 7.82. The van der Waals surface area contributed by atoms with E-state index in [0.717, 1.165) is 13.1 Å². The molecule has 0 aromatic carbocycles. The highest BCUT2D eigenvalue weighted by atomic mass is 16.4. The van der Waals surface area contributed by atoms with E-state index >= 15 is 0 Å². The minimum absolute atomic E-state index is 0.0132. The molecule has 0 radical (unpaired) electrons. The van der Waals surface area contributed by atoms with Gasteiger partial charge in [-0.2, -0.15) is 0 Å². The molecule has 1 aliphatic rings. The third-order valence-corrected chi connectivity index (χ3v) is 2.81. The van der Waals surface area contributed by atoms with Crippen LogP contribution in [0.15, 0.2) is 0 Å². The lowest BCUT2D eigenvalue weighted by Gasteiger charge is -2.37. The van der Waals surface area contributed by atoms with Crippen LogP contribution in [-0.2, 0) is 4.79 Å². The maximum absolute atomic E-state index is 10.5. The number of carboxylic acid groups (broad SMARTS) is 1. The Kier molecular flexibility index (Phi) is 3.24. The topological polar surface area (TPSA) is 72.4 Å². The molecule has 0 bridgehead atoms. The Morgan fingerprint density at radius 2 is 2.46 bits per heavy atom. The number of carboxylic acids is 1. The summed E-state index contributed by atoms with van der Waals surface area (Å²) in [5.41, 5.74) is 0. The van der Waals surface area contributed by atoms with Crippen molar-refractivity contribution in [2.24, 2.45) is 0 Å². The molecule has 1 heterocycles. The Labute approximate surface area is 77.6 Å². The second kappa shape index (κ2) is 4.04. The first-order chi connectivity index (χ1) is 6.10. The Morgan fingerprint density at radius 3 is 2.85 bits per heavy atom. The Bertz CT molecular complexity index is 198. The second-order valence-electron chi connectivity index (χ2n) is 3.55. The molecule has 1 fully saturated rings. The van der Waals surface area contributed by atoms with Crippen molar-refractivity contribution in [1.82, 2.24) is 5.32 Å². The van der Waals surface area contributed by atoms with Crippen LogP contribution < -0.4 is 10.4 Å². The molecular weight excluding hydrogens is 172 g/mol. The number of nitrogens with zero attached hydrogens (tertiary/aromatic N) is 1. The zero-order chi connectivity index (χ0) is 9.90. The number of aliphatic carboxylic acids is 1. The molecule has 0 aromatic heterocycles. The summed E-state index contributed by atoms with van der Waals surface area (Å²) in [6.07, 6.45) is 0.0880. The van der Waals surface area contributed by atoms with Crippen molar-refractivity contribution in [3.05, 3.63) is 0 Å². The molecule has 0 amide bonds. The zero-order valence-corrected chi connectivity index (χ0v) is 7.82. The van der Waals surface area contributed by atoms with Crippen molar-refractivity contribution >= 4 is 5.97 Å². The molecular formula is C8H16N2O3. The van der Waals surface area contributed by atoms with Crippen LogP contribution >= 0.6 is 0 Å². The summed E-state index contributed by atoms with van der Waals surface area (Å²) in [4.78, 5) is 10.5. The monoisotopic (exact) mass is 188 g/mol. The summed E-state index contributed by atoms with van der Waals surface area (Å²) in [5, 5.41) is 22.6. The minimum atomic E-state index is -1.05. The van der Waals surface area contributed by atoms with Crippen LogP contribution in [0.5, 0.6) is 0 Å². The summed E-state index contributed by atoms with van der Waals surface area (Å²) >= 11 is 0. The van der Waals surface area contributed by atoms with E-state index in [4.69, 9.17) is 5.11 Å². The number of aliphatic hydroxyl groups is 1. The van der Waals surface area contributed by atoms with Gasteiger partial charge in [0.05, 0.1) is 25.7 Å². The largest absolute Gasteiger partial charge is 0.544 e. The molecule has 1 rings (SSSR count). The molecule has 5 nitrogen and oxygen atoms in total. The lowest BCUT2D eigenvalue weighted by molar-refractivity contribution is -0.933. The standard InChI is InChI=1S/C8H16N2O3/c1-7-9-2-3-10(7,4-5-11)6-8(12)13/h7,9,11H,2-6H2,1H3. The first-order valence-corrected chi connectivity index (χ1v) is 4.50. The molecule has 2 atom stereocenters. The molecule has 76 valence electrons. The number of hydrogen-bond acceptors (Lipinski definition) is 4. The fraction of sp³-hybridized carbons (Fsp3) is 0.875. The third kappa shape index (κ3) is 2.18. The highest BCUT2D eigenvalue weighted by Gasteiger charge is 2.37. The summed E-state index contributed by atoms with van der Waals surface area (Å²) < 4.78 is 0.388. The highest BCUT2D eigenvalue weighted by molar-refractivity contribution is 5.65. The number of carbonyl (C=O) groups excluding carboxylic acids is 1. The van der Waals surface area contributed by atoms with Crippen molar-refractivity contribution in [2.75, 3.05) is 32.8 Å². The predicted octanol–water partition coefficient (Wildman–Crippen LogP) is -2.51. The van der Waals surface area contributed by atoms with Gasteiger partial charge in [0.25, 0.3) is 0 Å². The average Bonchev–Trinajstić information content (AvgIpc) is 2.32. The normalized spacial score (nSPS) is 33.5. The molecule has 5 heteroatoms. The van der Waals surface area contributed by atoms with E-state index in [1.165, 1.54) is 0 Å². The van der Waals surface area contributed by atoms with Gasteiger partial charge < -0.3 is 19.5 Å². The molecule has 0 aromatic rings. The minimum Gasteiger partial charge on any atom is -0.544 e. The number of quaternary nitrogens is 1. The fourth-order valence-electron chi connectivity index (χ4n) is 1.94. The maximum Gasteiger partial charge on any atom is 0.140 e. The molecule has 13 heavy (non-hydrogen) atoms. The average molecular weight is 188 g/mol. The van der Waals surface area contributed by atoms with E-state index in [2.05, 4.69) is 5.32 Å². The van der Waals surface area contributed by atoms with E-state index in [9.17, 15) is 9.90 Å². The van der Waals surface area contributed by atoms with E-state index in [1.54, 1.807) is 0 Å². The Hall–Kier alpha value is -0.650. The van der Waals surface area contributed by atoms with E-state index in [0.29, 0.717) is 11.0 Å². The number of nitrogens with one attached hydrogen (secondary N) is 1. The second-order valence-corrected chi connectivity index (χ2v) is 3.55. The van der Waals surface area contributed by atoms with Gasteiger partial charge >= 0.3 is 0 Å². The fourth-order valence-corrected chi connectivity index (χ4v) is 1.94. The van der Waals surface area contributed by atoms with Crippen molar-refractivity contribution < 1.29 is 19.5 Å². The molecule has 0 aliphatic carbocycles. The number of rotatable bonds is 4. The van der Waals surface area contributed by atoms with Crippen LogP contribution in [-0.4, -0.2) is 54.5 Å². The lowest BCUT2D eigenvalue weighted by Crippen LogP contribution is -2.59. The SMILES string of the molecule is CC1NCC[N+]1(CCO)CC(=O)[O-]. The van der Waals surface area contributed by atoms with Gasteiger partial charge in [-0.1, -0.05) is 0 Å². The van der Waals surface area contributed by atoms with Crippen molar-refractivity contribution in [3.8, 4) is 0 Å². The van der Waals surface area contributed by atoms with E-state index in [-0.39, 0.29) is 19.3 Å². The van der Waals surface area contributed by atoms with Crippen molar-refractivity contribution in [2.45, 2.75) is 13.1 Å². The van der Waals surface area contributed by atoms with E-state index in [1.807, 2.05) is 6.92 Å². The number of aliphatic hydroxyl groups excluding tert-OH is 1. The van der Waals surface area contributed by atoms with Gasteiger partial charge in [0.2, 0.25) is 0 Å². The van der Waals surface area contributed by atoms with Crippen molar-refractivity contribution in [1.29, 1.82) is 0 Å². The van der Waals surface area contributed by atoms with Crippen LogP contribution in [0.3, 0.4) is 0 Å². The molecule has 1 aliphatic heterocycles. The van der Waals surface area contributed by atoms with Crippen LogP contribution in [0.2, 0.25) is 0 Å². The number of carbonyl (C=O) groups is 1. The van der Waals surface area contributed by atoms with Gasteiger partial charge in [-0.25, -0.2) is 0 Å². The Balaban J connectivity index is 2.67. The van der Waals surface area contributed by atoms with Crippen LogP contribution in [0.4, 0.5) is 0 Å². The molecule has 0 saturated carbocycles. The van der Waals surface area contributed by atoms with Crippen LogP contribution in [0.1, 0.15) is 6.92 Å². The highest BCUT2D eigenvalue weighted by Crippen LogP contribution is 2.15. The van der Waals surface area contributed by atoms with E-state index < -0.39 is 5.97 Å². The van der Waals surface area contributed by atoms with Gasteiger partial charge in [-0.05, 0) is 0 Å². The summed E-state index contributed by atoms with van der Waals surface area (Å²) in [6, 6.07) is 0. The molecule has 2 unspecified atom stereocenters. The number of hydrogen-bond donors (Lipinski definition) is 2. The summed E-state index contributed by atoms with van der Waals surface area (Å²) in [6.45, 7) is 3.95. The predicted molar refractivity (Wildman–Crippen MR) is 44.4 cm³/mol. The lowest BCUT2D eigenvalue weighted by atomic mass is 10.3. The Morgan fingerprint density at radius 1 is 1.77 bits per heavy atom. The summed E-state index contributed by atoms with van der Waals surface area (Å²) in [7, 11) is 0. The quantitative estimate of drug-likeness (QED) is 0.478. The smallest absolute Gasteiger partial charge is 0.140 e. The van der Waals surface area contributed by atoms with Gasteiger partial charge in [-0.15, -0.1) is 0 Å². The first-order valence-electron chi connectivity index (χ1n) is 4.50. The maximum atomic E-state index is 10.5. The summed E-state index contributed by atoms with van der Waals surface area (Å²) in [5.74, 6) is -1.05. The van der Waals surface area contributed by atoms with Crippen LogP contribution in [0, 0.1) is 0 Å². The van der Waals surface area contributed by atoms with Gasteiger partial charge in [0.15, 0.2) is 0 Å². The molecule has 1 saturated heterocycles. The van der Waals surface area contributed by atoms with Gasteiger partial charge in [0.1, 0.15) is 19.3 Å². The third-order valence-electron chi connectivity index (χ3n) is 2.81. The van der Waals surface area contributed by atoms with Gasteiger partial charge in [0, 0.05) is 6.92 Å². The van der Waals surface area contributed by atoms with Crippen molar-refractivity contribution in [3.63, 3.8) is 0 Å².